The number of phenolic OH excluding ortho intramolecular Hbond substituents is 2. The van der Waals surface area contributed by atoms with Crippen LogP contribution in [0.4, 0.5) is 0 Å². The Hall–Kier alpha value is -3.02. The zero-order valence-electron chi connectivity index (χ0n) is 20.7. The van der Waals surface area contributed by atoms with Crippen LogP contribution in [0.3, 0.4) is 0 Å². The van der Waals surface area contributed by atoms with Gasteiger partial charge >= 0.3 is 0 Å². The van der Waals surface area contributed by atoms with Crippen LogP contribution in [0.2, 0.25) is 0 Å². The second-order valence-corrected chi connectivity index (χ2v) is 8.33. The lowest BCUT2D eigenvalue weighted by Crippen LogP contribution is -1.98. The van der Waals surface area contributed by atoms with Crippen LogP contribution in [0, 0.1) is 0 Å². The highest BCUT2D eigenvalue weighted by Crippen LogP contribution is 2.23. The van der Waals surface area contributed by atoms with E-state index in [4.69, 9.17) is 9.47 Å². The third-order valence-electron chi connectivity index (χ3n) is 5.36. The molecule has 0 atom stereocenters. The van der Waals surface area contributed by atoms with Crippen molar-refractivity contribution in [3.8, 4) is 23.0 Å². The van der Waals surface area contributed by atoms with Crippen LogP contribution in [0.25, 0.3) is 0 Å². The minimum atomic E-state index is 0.149. The van der Waals surface area contributed by atoms with E-state index >= 15 is 0 Å². The molecule has 0 heterocycles. The van der Waals surface area contributed by atoms with Crippen molar-refractivity contribution in [3.05, 3.63) is 47.5 Å². The lowest BCUT2D eigenvalue weighted by atomic mass is 10.2. The Bertz CT molecular complexity index is 822. The van der Waals surface area contributed by atoms with Crippen molar-refractivity contribution >= 4 is 12.4 Å². The van der Waals surface area contributed by atoms with Crippen molar-refractivity contribution in [2.45, 2.75) is 65.2 Å². The van der Waals surface area contributed by atoms with E-state index in [9.17, 15) is 10.2 Å². The van der Waals surface area contributed by atoms with Crippen molar-refractivity contribution in [2.75, 3.05) is 26.3 Å². The smallest absolute Gasteiger partial charge is 0.128 e. The van der Waals surface area contributed by atoms with Gasteiger partial charge in [-0.2, -0.15) is 0 Å². The number of aliphatic imine (C=N–C) groups is 2. The fourth-order valence-corrected chi connectivity index (χ4v) is 3.32. The van der Waals surface area contributed by atoms with E-state index in [0.717, 1.165) is 25.7 Å². The molecule has 0 fully saturated rings. The maximum absolute atomic E-state index is 10.2. The van der Waals surface area contributed by atoms with Crippen molar-refractivity contribution < 1.29 is 19.7 Å². The zero-order valence-corrected chi connectivity index (χ0v) is 20.7. The Morgan fingerprint density at radius 2 is 1.09 bits per heavy atom. The van der Waals surface area contributed by atoms with Crippen LogP contribution in [0.15, 0.2) is 46.4 Å². The summed E-state index contributed by atoms with van der Waals surface area (Å²) >= 11 is 0. The highest BCUT2D eigenvalue weighted by Gasteiger charge is 2.03. The summed E-state index contributed by atoms with van der Waals surface area (Å²) < 4.78 is 11.4. The quantitative estimate of drug-likeness (QED) is 0.204. The Labute approximate surface area is 204 Å². The monoisotopic (exact) mass is 468 g/mol. The summed E-state index contributed by atoms with van der Waals surface area (Å²) in [6.45, 7) is 6.64. The summed E-state index contributed by atoms with van der Waals surface area (Å²) in [6, 6.07) is 10.5. The van der Waals surface area contributed by atoms with E-state index in [1.54, 1.807) is 36.7 Å². The maximum atomic E-state index is 10.2. The van der Waals surface area contributed by atoms with Gasteiger partial charge in [-0.25, -0.2) is 0 Å². The maximum Gasteiger partial charge on any atom is 0.128 e. The molecule has 6 nitrogen and oxygen atoms in total. The van der Waals surface area contributed by atoms with E-state index in [1.165, 1.54) is 25.7 Å². The molecule has 2 rings (SSSR count). The molecule has 0 bridgehead atoms. The molecule has 0 spiro atoms. The van der Waals surface area contributed by atoms with Crippen LogP contribution in [0.5, 0.6) is 23.0 Å². The SMILES string of the molecule is CCCCCCOc1ccc(C=NCCN=Cc2ccc(OCCCCCC)cc2O)c(O)c1. The number of phenols is 2. The predicted octanol–water partition coefficient (Wildman–Crippen LogP) is 6.55. The lowest BCUT2D eigenvalue weighted by molar-refractivity contribution is 0.303. The van der Waals surface area contributed by atoms with Gasteiger partial charge in [0, 0.05) is 35.7 Å². The number of hydrogen-bond acceptors (Lipinski definition) is 6. The summed E-state index contributed by atoms with van der Waals surface area (Å²) in [5.41, 5.74) is 1.29. The number of nitrogens with zero attached hydrogens (tertiary/aromatic N) is 2. The van der Waals surface area contributed by atoms with Gasteiger partial charge in [0.25, 0.3) is 0 Å². The average Bonchev–Trinajstić information content (AvgIpc) is 2.83. The molecule has 0 aliphatic rings. The standard InChI is InChI=1S/C28H40N2O4/c1-3-5-7-9-17-33-25-13-11-23(27(31)19-25)21-29-15-16-30-22-24-12-14-26(20-28(24)32)34-18-10-8-6-4-2/h11-14,19-22,31-32H,3-10,15-18H2,1-2H3. The number of rotatable bonds is 17. The van der Waals surface area contributed by atoms with E-state index < -0.39 is 0 Å². The van der Waals surface area contributed by atoms with Gasteiger partial charge in [0.1, 0.15) is 23.0 Å². The highest BCUT2D eigenvalue weighted by atomic mass is 16.5. The molecule has 2 aromatic carbocycles. The summed E-state index contributed by atoms with van der Waals surface area (Å²) in [4.78, 5) is 8.66. The first-order chi connectivity index (χ1) is 16.6. The van der Waals surface area contributed by atoms with Gasteiger partial charge in [-0.05, 0) is 37.1 Å². The molecular formula is C28H40N2O4. The van der Waals surface area contributed by atoms with Crippen LogP contribution in [-0.2, 0) is 0 Å². The number of aromatic hydroxyl groups is 2. The number of ether oxygens (including phenoxy) is 2. The second kappa shape index (κ2) is 16.6. The first kappa shape index (κ1) is 27.2. The molecule has 2 aromatic rings. The fraction of sp³-hybridized carbons (Fsp3) is 0.500. The van der Waals surface area contributed by atoms with E-state index in [2.05, 4.69) is 23.8 Å². The minimum absolute atomic E-state index is 0.149. The third-order valence-corrected chi connectivity index (χ3v) is 5.36. The highest BCUT2D eigenvalue weighted by molar-refractivity contribution is 5.84. The molecule has 0 aliphatic heterocycles. The van der Waals surface area contributed by atoms with Crippen molar-refractivity contribution in [1.29, 1.82) is 0 Å². The van der Waals surface area contributed by atoms with Crippen molar-refractivity contribution in [2.24, 2.45) is 9.98 Å². The Kier molecular flexibility index (Phi) is 13.3. The molecule has 0 amide bonds. The fourth-order valence-electron chi connectivity index (χ4n) is 3.32. The topological polar surface area (TPSA) is 83.6 Å². The molecule has 6 heteroatoms. The summed E-state index contributed by atoms with van der Waals surface area (Å²) in [6.07, 6.45) is 12.5. The van der Waals surface area contributed by atoms with Crippen molar-refractivity contribution in [3.63, 3.8) is 0 Å². The molecule has 2 N–H and O–H groups in total. The van der Waals surface area contributed by atoms with Gasteiger partial charge in [0.05, 0.1) is 26.3 Å². The van der Waals surface area contributed by atoms with Gasteiger partial charge in [-0.3, -0.25) is 9.98 Å². The first-order valence-corrected chi connectivity index (χ1v) is 12.5. The molecule has 0 saturated heterocycles. The van der Waals surface area contributed by atoms with Crippen LogP contribution in [-0.4, -0.2) is 48.9 Å². The normalized spacial score (nSPS) is 11.5. The lowest BCUT2D eigenvalue weighted by Gasteiger charge is -2.07. The Morgan fingerprint density at radius 1 is 0.647 bits per heavy atom. The second-order valence-electron chi connectivity index (χ2n) is 8.33. The van der Waals surface area contributed by atoms with E-state index in [1.807, 2.05) is 12.1 Å². The molecule has 34 heavy (non-hydrogen) atoms. The number of benzene rings is 2. The van der Waals surface area contributed by atoms with Gasteiger partial charge in [0.2, 0.25) is 0 Å². The zero-order chi connectivity index (χ0) is 24.4. The number of unbranched alkanes of at least 4 members (excludes halogenated alkanes) is 6. The minimum Gasteiger partial charge on any atom is -0.507 e. The molecule has 0 aromatic heterocycles. The van der Waals surface area contributed by atoms with Gasteiger partial charge in [-0.1, -0.05) is 52.4 Å². The van der Waals surface area contributed by atoms with E-state index in [-0.39, 0.29) is 11.5 Å². The van der Waals surface area contributed by atoms with Crippen molar-refractivity contribution in [1.82, 2.24) is 0 Å². The summed E-state index contributed by atoms with van der Waals surface area (Å²) in [5.74, 6) is 1.64. The molecule has 0 unspecified atom stereocenters. The Balaban J connectivity index is 1.72. The molecular weight excluding hydrogens is 428 g/mol. The predicted molar refractivity (Wildman–Crippen MR) is 140 cm³/mol. The Morgan fingerprint density at radius 3 is 1.47 bits per heavy atom. The van der Waals surface area contributed by atoms with Crippen LogP contribution in [0.1, 0.15) is 76.3 Å². The van der Waals surface area contributed by atoms with Crippen LogP contribution < -0.4 is 9.47 Å². The molecule has 0 saturated carbocycles. The molecule has 0 aliphatic carbocycles. The van der Waals surface area contributed by atoms with Gasteiger partial charge < -0.3 is 19.7 Å². The third kappa shape index (κ3) is 10.7. The summed E-state index contributed by atoms with van der Waals surface area (Å²) in [5, 5.41) is 20.4. The average molecular weight is 469 g/mol. The number of hydrogen-bond donors (Lipinski definition) is 2. The van der Waals surface area contributed by atoms with Gasteiger partial charge in [0.15, 0.2) is 0 Å². The summed E-state index contributed by atoms with van der Waals surface area (Å²) in [7, 11) is 0. The van der Waals surface area contributed by atoms with Crippen LogP contribution >= 0.6 is 0 Å². The molecule has 0 radical (unpaired) electrons. The first-order valence-electron chi connectivity index (χ1n) is 12.5. The van der Waals surface area contributed by atoms with Gasteiger partial charge in [-0.15, -0.1) is 0 Å². The largest absolute Gasteiger partial charge is 0.507 e. The molecule has 186 valence electrons. The van der Waals surface area contributed by atoms with E-state index in [0.29, 0.717) is 48.9 Å².